The second-order valence-electron chi connectivity index (χ2n) is 10.7. The summed E-state index contributed by atoms with van der Waals surface area (Å²) >= 11 is 0. The Bertz CT molecular complexity index is 1130. The summed E-state index contributed by atoms with van der Waals surface area (Å²) in [6.45, 7) is -0.486. The van der Waals surface area contributed by atoms with Crippen LogP contribution in [-0.2, 0) is 23.8 Å². The van der Waals surface area contributed by atoms with Crippen molar-refractivity contribution in [3.05, 3.63) is 59.7 Å². The summed E-state index contributed by atoms with van der Waals surface area (Å²) in [4.78, 5) is 13.6. The Hall–Kier alpha value is -2.15. The number of unbranched alkanes of at least 4 members (excludes halogenated alkanes) is 1. The first-order valence-corrected chi connectivity index (χ1v) is 14.8. The number of carbonyl (C=O) groups excluding carboxylic acids is 1. The van der Waals surface area contributed by atoms with Gasteiger partial charge in [0.05, 0.1) is 19.4 Å². The number of fused-ring (bicyclic) bond motifs is 3. The zero-order chi connectivity index (χ0) is 26.2. The third-order valence-corrected chi connectivity index (χ3v) is 10.1. The molecule has 0 aromatic heterocycles. The standard InChI is InChI=1S/C28H33F3NO4P/c29-28(30,31)18-32-25(33)27(23-12-4-2-10-21(23)22-11-3-5-13-24(22)27)16-8-9-17-37(34)35-19-26(20-36-37)14-6-1-7-15-26/h2-5,10-13H,1,6-9,14-20H2,(H,32,33). The molecule has 1 saturated carbocycles. The second-order valence-corrected chi connectivity index (χ2v) is 12.9. The van der Waals surface area contributed by atoms with Crippen LogP contribution in [0.3, 0.4) is 0 Å². The molecule has 1 spiro atoms. The van der Waals surface area contributed by atoms with Crippen LogP contribution in [0.25, 0.3) is 11.1 Å². The molecule has 1 heterocycles. The van der Waals surface area contributed by atoms with Crippen molar-refractivity contribution in [2.45, 2.75) is 63.0 Å². The van der Waals surface area contributed by atoms with Crippen LogP contribution in [0.1, 0.15) is 62.5 Å². The molecule has 200 valence electrons. The molecule has 5 rings (SSSR count). The summed E-state index contributed by atoms with van der Waals surface area (Å²) in [6, 6.07) is 14.8. The second kappa shape index (κ2) is 10.2. The molecule has 0 bridgehead atoms. The minimum Gasteiger partial charge on any atom is -0.346 e. The Kier molecular flexibility index (Phi) is 7.29. The normalized spacial score (nSPS) is 21.3. The van der Waals surface area contributed by atoms with Crippen molar-refractivity contribution in [3.63, 3.8) is 0 Å². The zero-order valence-electron chi connectivity index (χ0n) is 20.8. The number of alkyl halides is 3. The molecule has 3 aliphatic rings. The van der Waals surface area contributed by atoms with Crippen LogP contribution in [0.15, 0.2) is 48.5 Å². The van der Waals surface area contributed by atoms with Crippen LogP contribution >= 0.6 is 7.60 Å². The predicted octanol–water partition coefficient (Wildman–Crippen LogP) is 6.99. The fourth-order valence-electron chi connectivity index (χ4n) is 6.25. The number of halogens is 3. The number of nitrogens with one attached hydrogen (secondary N) is 1. The number of benzene rings is 2. The average Bonchev–Trinajstić information content (AvgIpc) is 3.18. The monoisotopic (exact) mass is 535 g/mol. The zero-order valence-corrected chi connectivity index (χ0v) is 21.7. The first-order chi connectivity index (χ1) is 17.7. The first kappa shape index (κ1) is 26.5. The summed E-state index contributed by atoms with van der Waals surface area (Å²) in [5.41, 5.74) is 1.82. The Morgan fingerprint density at radius 1 is 0.892 bits per heavy atom. The highest BCUT2D eigenvalue weighted by molar-refractivity contribution is 7.53. The van der Waals surface area contributed by atoms with Gasteiger partial charge in [0.1, 0.15) is 12.0 Å². The Morgan fingerprint density at radius 3 is 2.03 bits per heavy atom. The Morgan fingerprint density at radius 2 is 1.46 bits per heavy atom. The van der Waals surface area contributed by atoms with E-state index in [1.807, 2.05) is 36.4 Å². The van der Waals surface area contributed by atoms with E-state index in [0.29, 0.717) is 37.2 Å². The maximum absolute atomic E-state index is 13.6. The molecule has 2 aromatic rings. The third kappa shape index (κ3) is 5.25. The van der Waals surface area contributed by atoms with Gasteiger partial charge in [-0.15, -0.1) is 0 Å². The quantitative estimate of drug-likeness (QED) is 0.307. The molecule has 0 unspecified atom stereocenters. The predicted molar refractivity (Wildman–Crippen MR) is 135 cm³/mol. The van der Waals surface area contributed by atoms with E-state index in [2.05, 4.69) is 5.32 Å². The molecule has 0 atom stereocenters. The van der Waals surface area contributed by atoms with Gasteiger partial charge in [-0.05, 0) is 47.9 Å². The molecule has 2 aliphatic carbocycles. The van der Waals surface area contributed by atoms with Crippen LogP contribution < -0.4 is 5.32 Å². The van der Waals surface area contributed by atoms with Gasteiger partial charge in [0, 0.05) is 5.41 Å². The van der Waals surface area contributed by atoms with E-state index in [4.69, 9.17) is 9.05 Å². The molecule has 1 aliphatic heterocycles. The maximum atomic E-state index is 13.6. The maximum Gasteiger partial charge on any atom is 0.405 e. The smallest absolute Gasteiger partial charge is 0.346 e. The highest BCUT2D eigenvalue weighted by Crippen LogP contribution is 2.57. The molecule has 9 heteroatoms. The molecule has 2 fully saturated rings. The van der Waals surface area contributed by atoms with Crippen LogP contribution in [0.4, 0.5) is 13.2 Å². The van der Waals surface area contributed by atoms with Gasteiger partial charge < -0.3 is 14.4 Å². The molecule has 0 radical (unpaired) electrons. The molecule has 1 N–H and O–H groups in total. The van der Waals surface area contributed by atoms with Gasteiger partial charge in [0.2, 0.25) is 5.91 Å². The van der Waals surface area contributed by atoms with Gasteiger partial charge in [-0.2, -0.15) is 13.2 Å². The minimum absolute atomic E-state index is 0.0238. The first-order valence-electron chi connectivity index (χ1n) is 13.1. The van der Waals surface area contributed by atoms with E-state index in [1.54, 1.807) is 12.1 Å². The van der Waals surface area contributed by atoms with Crippen LogP contribution in [0.2, 0.25) is 0 Å². The van der Waals surface area contributed by atoms with Gasteiger partial charge in [-0.25, -0.2) is 0 Å². The Balaban J connectivity index is 1.32. The molecule has 1 amide bonds. The van der Waals surface area contributed by atoms with Gasteiger partial charge in [0.25, 0.3) is 0 Å². The van der Waals surface area contributed by atoms with Crippen LogP contribution in [-0.4, -0.2) is 38.0 Å². The van der Waals surface area contributed by atoms with Crippen molar-refractivity contribution in [3.8, 4) is 11.1 Å². The summed E-state index contributed by atoms with van der Waals surface area (Å²) in [5, 5.41) is 2.15. The number of amides is 1. The van der Waals surface area contributed by atoms with E-state index in [1.165, 1.54) is 6.42 Å². The van der Waals surface area contributed by atoms with E-state index in [-0.39, 0.29) is 18.0 Å². The number of carbonyl (C=O) groups is 1. The molecule has 2 aromatic carbocycles. The summed E-state index contributed by atoms with van der Waals surface area (Å²) < 4.78 is 64.0. The number of hydrogen-bond acceptors (Lipinski definition) is 4. The molecular weight excluding hydrogens is 502 g/mol. The molecule has 5 nitrogen and oxygen atoms in total. The molecule has 37 heavy (non-hydrogen) atoms. The fraction of sp³-hybridized carbons (Fsp3) is 0.536. The highest BCUT2D eigenvalue weighted by atomic mass is 31.2. The lowest BCUT2D eigenvalue weighted by molar-refractivity contribution is -0.141. The minimum atomic E-state index is -4.51. The van der Waals surface area contributed by atoms with Crippen molar-refractivity contribution in [2.24, 2.45) is 5.41 Å². The van der Waals surface area contributed by atoms with Crippen molar-refractivity contribution in [1.29, 1.82) is 0 Å². The van der Waals surface area contributed by atoms with Crippen LogP contribution in [0.5, 0.6) is 0 Å². The molecule has 1 saturated heterocycles. The highest BCUT2D eigenvalue weighted by Gasteiger charge is 2.49. The van der Waals surface area contributed by atoms with Crippen molar-refractivity contribution >= 4 is 13.5 Å². The van der Waals surface area contributed by atoms with Crippen molar-refractivity contribution < 1.29 is 31.6 Å². The van der Waals surface area contributed by atoms with E-state index < -0.39 is 31.6 Å². The third-order valence-electron chi connectivity index (χ3n) is 8.18. The lowest BCUT2D eigenvalue weighted by Crippen LogP contribution is -2.47. The number of hydrogen-bond donors (Lipinski definition) is 1. The Labute approximate surface area is 215 Å². The lowest BCUT2D eigenvalue weighted by atomic mass is 9.73. The number of rotatable bonds is 7. The average molecular weight is 536 g/mol. The van der Waals surface area contributed by atoms with E-state index in [0.717, 1.165) is 36.8 Å². The van der Waals surface area contributed by atoms with E-state index >= 15 is 0 Å². The fourth-order valence-corrected chi connectivity index (χ4v) is 8.13. The summed E-state index contributed by atoms with van der Waals surface area (Å²) in [5.74, 6) is -0.668. The van der Waals surface area contributed by atoms with Gasteiger partial charge >= 0.3 is 13.8 Å². The van der Waals surface area contributed by atoms with Gasteiger partial charge in [-0.1, -0.05) is 74.2 Å². The lowest BCUT2D eigenvalue weighted by Gasteiger charge is -2.42. The van der Waals surface area contributed by atoms with Crippen LogP contribution in [0, 0.1) is 5.41 Å². The van der Waals surface area contributed by atoms with E-state index in [9.17, 15) is 22.5 Å². The topological polar surface area (TPSA) is 64.6 Å². The van der Waals surface area contributed by atoms with Crippen molar-refractivity contribution in [1.82, 2.24) is 5.32 Å². The molecular formula is C28H33F3NO4P. The van der Waals surface area contributed by atoms with Crippen molar-refractivity contribution in [2.75, 3.05) is 25.9 Å². The largest absolute Gasteiger partial charge is 0.405 e. The SMILES string of the molecule is O=C(NCC(F)(F)F)C1(CCCCP2(=O)OCC3(CCCCC3)CO2)c2ccccc2-c2ccccc21. The summed E-state index contributed by atoms with van der Waals surface area (Å²) in [6.07, 6.45) is 2.50. The summed E-state index contributed by atoms with van der Waals surface area (Å²) in [7, 11) is -3.23. The van der Waals surface area contributed by atoms with Gasteiger partial charge in [-0.3, -0.25) is 9.36 Å². The van der Waals surface area contributed by atoms with Gasteiger partial charge in [0.15, 0.2) is 0 Å².